The topological polar surface area (TPSA) is 78.0 Å². The molecule has 0 saturated carbocycles. The van der Waals surface area contributed by atoms with Crippen LogP contribution in [0.4, 0.5) is 0 Å². The molecular weight excluding hydrogens is 408 g/mol. The number of pyridine rings is 1. The number of methoxy groups -OCH3 is 2. The van der Waals surface area contributed by atoms with Crippen LogP contribution in [0.15, 0.2) is 48.5 Å². The highest BCUT2D eigenvalue weighted by atomic mass is 16.6. The average Bonchev–Trinajstić information content (AvgIpc) is 2.75. The summed E-state index contributed by atoms with van der Waals surface area (Å²) in [6.45, 7) is 5.22. The van der Waals surface area contributed by atoms with E-state index in [4.69, 9.17) is 19.2 Å². The monoisotopic (exact) mass is 436 g/mol. The molecule has 2 aromatic carbocycles. The summed E-state index contributed by atoms with van der Waals surface area (Å²) in [7, 11) is 4.72. The van der Waals surface area contributed by atoms with Crippen molar-refractivity contribution in [2.45, 2.75) is 26.4 Å². The van der Waals surface area contributed by atoms with E-state index in [2.05, 4.69) is 0 Å². The first-order chi connectivity index (χ1) is 15.1. The normalized spacial score (nSPS) is 11.2. The Hall–Kier alpha value is -3.61. The number of hydrogen-bond donors (Lipinski definition) is 0. The van der Waals surface area contributed by atoms with Gasteiger partial charge in [-0.2, -0.15) is 0 Å². The SMILES string of the molecule is COc1ccc(-c2cc(C(=O)N(C)CC(=O)OC(C)(C)C)c3ccccc3n2)cc1OC. The van der Waals surface area contributed by atoms with Crippen LogP contribution in [0.2, 0.25) is 0 Å². The number of esters is 1. The fourth-order valence-corrected chi connectivity index (χ4v) is 3.34. The zero-order chi connectivity index (χ0) is 23.5. The number of hydrogen-bond acceptors (Lipinski definition) is 6. The standard InChI is InChI=1S/C25H28N2O5/c1-25(2,3)32-23(28)15-27(4)24(29)18-14-20(26-19-10-8-7-9-17(18)19)16-11-12-21(30-5)22(13-16)31-6/h7-14H,15H2,1-6H3. The Morgan fingerprint density at radius 2 is 1.66 bits per heavy atom. The van der Waals surface area contributed by atoms with Crippen LogP contribution in [-0.2, 0) is 9.53 Å². The first-order valence-corrected chi connectivity index (χ1v) is 10.2. The first-order valence-electron chi connectivity index (χ1n) is 10.2. The lowest BCUT2D eigenvalue weighted by Gasteiger charge is -2.23. The zero-order valence-corrected chi connectivity index (χ0v) is 19.3. The maximum absolute atomic E-state index is 13.3. The molecule has 0 fully saturated rings. The van der Waals surface area contributed by atoms with Crippen LogP contribution in [0.5, 0.6) is 11.5 Å². The van der Waals surface area contributed by atoms with E-state index in [1.165, 1.54) is 4.90 Å². The molecule has 0 unspecified atom stereocenters. The first kappa shape index (κ1) is 23.1. The highest BCUT2D eigenvalue weighted by Gasteiger charge is 2.23. The van der Waals surface area contributed by atoms with E-state index in [0.29, 0.717) is 33.7 Å². The highest BCUT2D eigenvalue weighted by Crippen LogP contribution is 2.33. The summed E-state index contributed by atoms with van der Waals surface area (Å²) < 4.78 is 16.1. The summed E-state index contributed by atoms with van der Waals surface area (Å²) in [5.41, 5.74) is 1.89. The van der Waals surface area contributed by atoms with Crippen molar-refractivity contribution < 1.29 is 23.8 Å². The molecule has 1 amide bonds. The number of aromatic nitrogens is 1. The van der Waals surface area contributed by atoms with Crippen molar-refractivity contribution >= 4 is 22.8 Å². The van der Waals surface area contributed by atoms with Gasteiger partial charge in [-0.1, -0.05) is 18.2 Å². The molecule has 3 rings (SSSR count). The lowest BCUT2D eigenvalue weighted by atomic mass is 10.0. The van der Waals surface area contributed by atoms with Gasteiger partial charge in [0.2, 0.25) is 0 Å². The van der Waals surface area contributed by atoms with Gasteiger partial charge in [-0.15, -0.1) is 0 Å². The van der Waals surface area contributed by atoms with E-state index in [1.54, 1.807) is 54.2 Å². The van der Waals surface area contributed by atoms with Crippen molar-refractivity contribution in [2.75, 3.05) is 27.8 Å². The molecule has 7 nitrogen and oxygen atoms in total. The van der Waals surface area contributed by atoms with Crippen LogP contribution in [0.1, 0.15) is 31.1 Å². The van der Waals surface area contributed by atoms with Crippen LogP contribution in [0.25, 0.3) is 22.2 Å². The molecule has 0 atom stereocenters. The van der Waals surface area contributed by atoms with Crippen molar-refractivity contribution in [1.82, 2.24) is 9.88 Å². The largest absolute Gasteiger partial charge is 0.493 e. The summed E-state index contributed by atoms with van der Waals surface area (Å²) in [5, 5.41) is 0.706. The second-order valence-corrected chi connectivity index (χ2v) is 8.39. The predicted octanol–water partition coefficient (Wildman–Crippen LogP) is 4.33. The number of rotatable bonds is 6. The highest BCUT2D eigenvalue weighted by molar-refractivity contribution is 6.07. The molecule has 1 aromatic heterocycles. The Bertz CT molecular complexity index is 1150. The number of fused-ring (bicyclic) bond motifs is 1. The lowest BCUT2D eigenvalue weighted by Crippen LogP contribution is -2.36. The number of para-hydroxylation sites is 1. The van der Waals surface area contributed by atoms with E-state index in [0.717, 1.165) is 5.56 Å². The van der Waals surface area contributed by atoms with Gasteiger partial charge in [-0.05, 0) is 51.1 Å². The van der Waals surface area contributed by atoms with Gasteiger partial charge in [0.1, 0.15) is 12.1 Å². The molecule has 0 aliphatic rings. The molecule has 0 radical (unpaired) electrons. The summed E-state index contributed by atoms with van der Waals surface area (Å²) in [6.07, 6.45) is 0. The van der Waals surface area contributed by atoms with Crippen LogP contribution >= 0.6 is 0 Å². The molecular formula is C25H28N2O5. The minimum absolute atomic E-state index is 0.154. The summed E-state index contributed by atoms with van der Waals surface area (Å²) in [4.78, 5) is 31.6. The Kier molecular flexibility index (Phi) is 6.67. The number of amides is 1. The Balaban J connectivity index is 2.02. The second-order valence-electron chi connectivity index (χ2n) is 8.39. The third-order valence-electron chi connectivity index (χ3n) is 4.76. The summed E-state index contributed by atoms with van der Waals surface area (Å²) in [5.74, 6) is 0.406. The van der Waals surface area contributed by atoms with E-state index >= 15 is 0 Å². The van der Waals surface area contributed by atoms with Gasteiger partial charge in [-0.25, -0.2) is 4.98 Å². The summed E-state index contributed by atoms with van der Waals surface area (Å²) >= 11 is 0. The maximum atomic E-state index is 13.3. The van der Waals surface area contributed by atoms with Crippen LogP contribution in [-0.4, -0.2) is 55.2 Å². The average molecular weight is 437 g/mol. The van der Waals surface area contributed by atoms with Gasteiger partial charge in [0, 0.05) is 18.0 Å². The number of nitrogens with zero attached hydrogens (tertiary/aromatic N) is 2. The van der Waals surface area contributed by atoms with E-state index in [1.807, 2.05) is 36.4 Å². The Morgan fingerprint density at radius 1 is 0.969 bits per heavy atom. The van der Waals surface area contributed by atoms with Crippen molar-refractivity contribution in [2.24, 2.45) is 0 Å². The van der Waals surface area contributed by atoms with E-state index < -0.39 is 11.6 Å². The van der Waals surface area contributed by atoms with Crippen LogP contribution < -0.4 is 9.47 Å². The lowest BCUT2D eigenvalue weighted by molar-refractivity contribution is -0.155. The Labute approximate surface area is 187 Å². The van der Waals surface area contributed by atoms with Gasteiger partial charge in [-0.3, -0.25) is 9.59 Å². The zero-order valence-electron chi connectivity index (χ0n) is 19.3. The number of carbonyl (C=O) groups excluding carboxylic acids is 2. The minimum atomic E-state index is -0.620. The molecule has 1 heterocycles. The van der Waals surface area contributed by atoms with Gasteiger partial charge in [0.05, 0.1) is 31.0 Å². The maximum Gasteiger partial charge on any atom is 0.326 e. The fraction of sp³-hybridized carbons (Fsp3) is 0.320. The third kappa shape index (κ3) is 5.17. The molecule has 0 N–H and O–H groups in total. The molecule has 168 valence electrons. The number of carbonyl (C=O) groups is 2. The van der Waals surface area contributed by atoms with Crippen LogP contribution in [0.3, 0.4) is 0 Å². The molecule has 0 bridgehead atoms. The second kappa shape index (κ2) is 9.26. The molecule has 7 heteroatoms. The van der Waals surface area contributed by atoms with Gasteiger partial charge >= 0.3 is 5.97 Å². The van der Waals surface area contributed by atoms with Crippen molar-refractivity contribution in [3.05, 3.63) is 54.1 Å². The van der Waals surface area contributed by atoms with Crippen LogP contribution in [0, 0.1) is 0 Å². The number of ether oxygens (including phenoxy) is 3. The predicted molar refractivity (Wildman–Crippen MR) is 123 cm³/mol. The third-order valence-corrected chi connectivity index (χ3v) is 4.76. The minimum Gasteiger partial charge on any atom is -0.493 e. The molecule has 0 aliphatic carbocycles. The number of benzene rings is 2. The quantitative estimate of drug-likeness (QED) is 0.535. The van der Waals surface area contributed by atoms with Gasteiger partial charge in [0.25, 0.3) is 5.91 Å². The molecule has 0 spiro atoms. The molecule has 3 aromatic rings. The molecule has 32 heavy (non-hydrogen) atoms. The number of likely N-dealkylation sites (N-methyl/N-ethyl adjacent to an activating group) is 1. The van der Waals surface area contributed by atoms with Crippen molar-refractivity contribution in [3.63, 3.8) is 0 Å². The van der Waals surface area contributed by atoms with Crippen molar-refractivity contribution in [3.8, 4) is 22.8 Å². The van der Waals surface area contributed by atoms with E-state index in [-0.39, 0.29) is 12.5 Å². The van der Waals surface area contributed by atoms with Gasteiger partial charge < -0.3 is 19.1 Å². The fourth-order valence-electron chi connectivity index (χ4n) is 3.34. The van der Waals surface area contributed by atoms with Crippen molar-refractivity contribution in [1.29, 1.82) is 0 Å². The molecule has 0 aliphatic heterocycles. The van der Waals surface area contributed by atoms with Gasteiger partial charge in [0.15, 0.2) is 11.5 Å². The smallest absolute Gasteiger partial charge is 0.326 e. The molecule has 0 saturated heterocycles. The Morgan fingerprint density at radius 3 is 2.31 bits per heavy atom. The van der Waals surface area contributed by atoms with E-state index in [9.17, 15) is 9.59 Å². The summed E-state index contributed by atoms with van der Waals surface area (Å²) in [6, 6.07) is 14.6.